The van der Waals surface area contributed by atoms with Gasteiger partial charge in [-0.15, -0.1) is 10.2 Å². The molecule has 0 saturated heterocycles. The lowest BCUT2D eigenvalue weighted by Gasteiger charge is -2.02. The lowest BCUT2D eigenvalue weighted by molar-refractivity contribution is 0.627. The molecule has 0 atom stereocenters. The molecule has 3 rings (SSSR count). The van der Waals surface area contributed by atoms with Crippen molar-refractivity contribution in [2.45, 2.75) is 6.92 Å². The summed E-state index contributed by atoms with van der Waals surface area (Å²) < 4.78 is 15.1. The summed E-state index contributed by atoms with van der Waals surface area (Å²) >= 11 is 0. The molecule has 0 bridgehead atoms. The third-order valence-corrected chi connectivity index (χ3v) is 2.83. The Kier molecular flexibility index (Phi) is 2.50. The van der Waals surface area contributed by atoms with Gasteiger partial charge in [0.2, 0.25) is 0 Å². The number of hydrogen-bond acceptors (Lipinski definition) is 3. The molecule has 0 N–H and O–H groups in total. The van der Waals surface area contributed by atoms with Gasteiger partial charge in [-0.05, 0) is 42.8 Å². The third kappa shape index (κ3) is 1.93. The first-order valence-corrected chi connectivity index (χ1v) is 5.70. The van der Waals surface area contributed by atoms with Crippen molar-refractivity contribution in [2.75, 3.05) is 0 Å². The molecule has 0 saturated carbocycles. The summed E-state index contributed by atoms with van der Waals surface area (Å²) in [5.41, 5.74) is 2.57. The van der Waals surface area contributed by atoms with Crippen molar-refractivity contribution in [1.82, 2.24) is 14.6 Å². The number of nitrogens with zero attached hydrogens (tertiary/aromatic N) is 4. The molecule has 92 valence electrons. The number of aromatic nitrogens is 3. The third-order valence-electron chi connectivity index (χ3n) is 2.83. The average molecular weight is 252 g/mol. The van der Waals surface area contributed by atoms with Crippen LogP contribution in [0.4, 0.5) is 4.39 Å². The standard InChI is InChI=1S/C14H9FN4/c1-9-4-11(6-12(15)5-9)14-18-17-13-3-2-10(7-16)8-19(13)14/h2-6,8H,1H3. The maximum absolute atomic E-state index is 13.5. The summed E-state index contributed by atoms with van der Waals surface area (Å²) in [5, 5.41) is 17.0. The largest absolute Gasteiger partial charge is 0.281 e. The van der Waals surface area contributed by atoms with Gasteiger partial charge < -0.3 is 0 Å². The Morgan fingerprint density at radius 3 is 2.79 bits per heavy atom. The number of pyridine rings is 1. The van der Waals surface area contributed by atoms with Crippen molar-refractivity contribution < 1.29 is 4.39 Å². The molecule has 2 aromatic heterocycles. The molecule has 0 radical (unpaired) electrons. The van der Waals surface area contributed by atoms with Crippen LogP contribution in [0.15, 0.2) is 36.5 Å². The fourth-order valence-electron chi connectivity index (χ4n) is 2.02. The van der Waals surface area contributed by atoms with E-state index in [0.717, 1.165) is 5.56 Å². The van der Waals surface area contributed by atoms with E-state index in [4.69, 9.17) is 5.26 Å². The first-order chi connectivity index (χ1) is 9.17. The number of rotatable bonds is 1. The molecule has 0 unspecified atom stereocenters. The molecule has 3 aromatic rings. The minimum atomic E-state index is -0.316. The molecule has 0 aliphatic carbocycles. The maximum Gasteiger partial charge on any atom is 0.168 e. The van der Waals surface area contributed by atoms with Crippen LogP contribution >= 0.6 is 0 Å². The van der Waals surface area contributed by atoms with Gasteiger partial charge in [0, 0.05) is 11.8 Å². The van der Waals surface area contributed by atoms with Crippen LogP contribution in [0.25, 0.3) is 17.0 Å². The molecule has 5 heteroatoms. The van der Waals surface area contributed by atoms with Crippen LogP contribution in [0, 0.1) is 24.1 Å². The van der Waals surface area contributed by atoms with Crippen LogP contribution < -0.4 is 0 Å². The summed E-state index contributed by atoms with van der Waals surface area (Å²) in [7, 11) is 0. The second-order valence-corrected chi connectivity index (χ2v) is 4.30. The van der Waals surface area contributed by atoms with Gasteiger partial charge in [0.15, 0.2) is 11.5 Å². The van der Waals surface area contributed by atoms with Gasteiger partial charge in [-0.3, -0.25) is 4.40 Å². The quantitative estimate of drug-likeness (QED) is 0.669. The smallest absolute Gasteiger partial charge is 0.168 e. The summed E-state index contributed by atoms with van der Waals surface area (Å²) in [6, 6.07) is 10.1. The van der Waals surface area contributed by atoms with Crippen molar-refractivity contribution in [1.29, 1.82) is 5.26 Å². The van der Waals surface area contributed by atoms with E-state index in [-0.39, 0.29) is 5.82 Å². The van der Waals surface area contributed by atoms with E-state index >= 15 is 0 Å². The highest BCUT2D eigenvalue weighted by atomic mass is 19.1. The Labute approximate surface area is 108 Å². The van der Waals surface area contributed by atoms with E-state index in [0.29, 0.717) is 22.6 Å². The number of fused-ring (bicyclic) bond motifs is 1. The SMILES string of the molecule is Cc1cc(F)cc(-c2nnc3ccc(C#N)cn23)c1. The molecule has 0 amide bonds. The molecule has 0 fully saturated rings. The second-order valence-electron chi connectivity index (χ2n) is 4.30. The number of aryl methyl sites for hydroxylation is 1. The molecule has 2 heterocycles. The van der Waals surface area contributed by atoms with E-state index < -0.39 is 0 Å². The van der Waals surface area contributed by atoms with Crippen LogP contribution in [0.5, 0.6) is 0 Å². The monoisotopic (exact) mass is 252 g/mol. The van der Waals surface area contributed by atoms with Crippen molar-refractivity contribution >= 4 is 5.65 Å². The normalized spacial score (nSPS) is 10.6. The van der Waals surface area contributed by atoms with E-state index in [2.05, 4.69) is 16.3 Å². The zero-order chi connectivity index (χ0) is 13.4. The van der Waals surface area contributed by atoms with Crippen LogP contribution in [0.1, 0.15) is 11.1 Å². The number of hydrogen-bond donors (Lipinski definition) is 0. The van der Waals surface area contributed by atoms with Gasteiger partial charge in [0.05, 0.1) is 5.56 Å². The highest BCUT2D eigenvalue weighted by molar-refractivity contribution is 5.61. The van der Waals surface area contributed by atoms with Gasteiger partial charge in [-0.1, -0.05) is 0 Å². The average Bonchev–Trinajstić information content (AvgIpc) is 2.80. The Bertz CT molecular complexity index is 794. The first kappa shape index (κ1) is 11.4. The summed E-state index contributed by atoms with van der Waals surface area (Å²) in [4.78, 5) is 0. The Morgan fingerprint density at radius 2 is 2.05 bits per heavy atom. The summed E-state index contributed by atoms with van der Waals surface area (Å²) in [6.45, 7) is 1.82. The van der Waals surface area contributed by atoms with E-state index in [9.17, 15) is 4.39 Å². The second kappa shape index (κ2) is 4.18. The molecule has 19 heavy (non-hydrogen) atoms. The van der Waals surface area contributed by atoms with E-state index in [1.165, 1.54) is 12.1 Å². The fourth-order valence-corrected chi connectivity index (χ4v) is 2.02. The molecule has 0 aliphatic rings. The van der Waals surface area contributed by atoms with Crippen LogP contribution in [0.3, 0.4) is 0 Å². The lowest BCUT2D eigenvalue weighted by atomic mass is 10.1. The molecule has 0 aliphatic heterocycles. The van der Waals surface area contributed by atoms with E-state index in [1.807, 2.05) is 13.0 Å². The lowest BCUT2D eigenvalue weighted by Crippen LogP contribution is -1.92. The maximum atomic E-state index is 13.5. The van der Waals surface area contributed by atoms with Gasteiger partial charge in [-0.25, -0.2) is 4.39 Å². The Morgan fingerprint density at radius 1 is 1.21 bits per heavy atom. The number of benzene rings is 1. The number of nitriles is 1. The number of halogens is 1. The minimum absolute atomic E-state index is 0.316. The Hall–Kier alpha value is -2.74. The summed E-state index contributed by atoms with van der Waals surface area (Å²) in [5.74, 6) is 0.206. The molecule has 0 spiro atoms. The van der Waals surface area contributed by atoms with Crippen molar-refractivity contribution in [3.8, 4) is 17.5 Å². The van der Waals surface area contributed by atoms with Gasteiger partial charge >= 0.3 is 0 Å². The predicted molar refractivity (Wildman–Crippen MR) is 67.8 cm³/mol. The van der Waals surface area contributed by atoms with Crippen LogP contribution in [0.2, 0.25) is 0 Å². The summed E-state index contributed by atoms with van der Waals surface area (Å²) in [6.07, 6.45) is 1.64. The zero-order valence-corrected chi connectivity index (χ0v) is 10.1. The van der Waals surface area contributed by atoms with Crippen molar-refractivity contribution in [2.24, 2.45) is 0 Å². The zero-order valence-electron chi connectivity index (χ0n) is 10.1. The van der Waals surface area contributed by atoms with Crippen molar-refractivity contribution in [3.05, 3.63) is 53.5 Å². The topological polar surface area (TPSA) is 54.0 Å². The first-order valence-electron chi connectivity index (χ1n) is 5.70. The van der Waals surface area contributed by atoms with Crippen LogP contribution in [-0.2, 0) is 0 Å². The Balaban J connectivity index is 2.27. The molecule has 1 aromatic carbocycles. The highest BCUT2D eigenvalue weighted by Crippen LogP contribution is 2.21. The minimum Gasteiger partial charge on any atom is -0.281 e. The predicted octanol–water partition coefficient (Wildman–Crippen LogP) is 2.72. The molecule has 4 nitrogen and oxygen atoms in total. The van der Waals surface area contributed by atoms with E-state index in [1.54, 1.807) is 22.7 Å². The molecular formula is C14H9FN4. The van der Waals surface area contributed by atoms with Gasteiger partial charge in [-0.2, -0.15) is 5.26 Å². The van der Waals surface area contributed by atoms with Gasteiger partial charge in [0.1, 0.15) is 11.9 Å². The highest BCUT2D eigenvalue weighted by Gasteiger charge is 2.10. The van der Waals surface area contributed by atoms with Crippen LogP contribution in [-0.4, -0.2) is 14.6 Å². The van der Waals surface area contributed by atoms with Crippen molar-refractivity contribution in [3.63, 3.8) is 0 Å². The molecular weight excluding hydrogens is 243 g/mol. The fraction of sp³-hybridized carbons (Fsp3) is 0.0714. The van der Waals surface area contributed by atoms with Gasteiger partial charge in [0.25, 0.3) is 0 Å².